The van der Waals surface area contributed by atoms with Crippen LogP contribution in [0.25, 0.3) is 0 Å². The number of fused-ring (bicyclic) bond motifs is 1. The number of hydrogen-bond donors (Lipinski definition) is 1. The Morgan fingerprint density at radius 2 is 2.18 bits per heavy atom. The average molecular weight is 234 g/mol. The van der Waals surface area contributed by atoms with Gasteiger partial charge in [-0.15, -0.1) is 0 Å². The van der Waals surface area contributed by atoms with Crippen LogP contribution < -0.4 is 0 Å². The van der Waals surface area contributed by atoms with Gasteiger partial charge in [0.25, 0.3) is 0 Å². The van der Waals surface area contributed by atoms with Gasteiger partial charge in [0.15, 0.2) is 0 Å². The van der Waals surface area contributed by atoms with Crippen molar-refractivity contribution in [3.8, 4) is 0 Å². The van der Waals surface area contributed by atoms with Crippen LogP contribution >= 0.6 is 0 Å². The van der Waals surface area contributed by atoms with Crippen LogP contribution in [0.2, 0.25) is 0 Å². The third-order valence-electron chi connectivity index (χ3n) is 4.49. The fourth-order valence-corrected chi connectivity index (χ4v) is 3.54. The molecule has 0 aromatic carbocycles. The van der Waals surface area contributed by atoms with Crippen molar-refractivity contribution in [3.05, 3.63) is 22.8 Å². The minimum Gasteiger partial charge on any atom is -0.478 e. The SMILES string of the molecule is CC1=C2C[C@H](/C=C(\C)C(=O)O)C[C@@H](C)[C@H]2CC1. The van der Waals surface area contributed by atoms with E-state index in [-0.39, 0.29) is 0 Å². The van der Waals surface area contributed by atoms with Gasteiger partial charge in [-0.2, -0.15) is 0 Å². The summed E-state index contributed by atoms with van der Waals surface area (Å²) < 4.78 is 0. The number of carboxylic acids is 1. The molecule has 3 atom stereocenters. The van der Waals surface area contributed by atoms with Crippen LogP contribution in [0.5, 0.6) is 0 Å². The van der Waals surface area contributed by atoms with E-state index in [1.807, 2.05) is 6.08 Å². The quantitative estimate of drug-likeness (QED) is 0.583. The highest BCUT2D eigenvalue weighted by Crippen LogP contribution is 2.47. The summed E-state index contributed by atoms with van der Waals surface area (Å²) in [6, 6.07) is 0. The van der Waals surface area contributed by atoms with Crippen LogP contribution in [0.3, 0.4) is 0 Å². The Morgan fingerprint density at radius 1 is 1.47 bits per heavy atom. The Morgan fingerprint density at radius 3 is 2.82 bits per heavy atom. The van der Waals surface area contributed by atoms with E-state index in [9.17, 15) is 4.79 Å². The maximum Gasteiger partial charge on any atom is 0.330 e. The molecule has 0 radical (unpaired) electrons. The van der Waals surface area contributed by atoms with Crippen molar-refractivity contribution in [2.45, 2.75) is 46.5 Å². The second-order valence-corrected chi connectivity index (χ2v) is 5.78. The first-order valence-electron chi connectivity index (χ1n) is 6.59. The van der Waals surface area contributed by atoms with E-state index in [4.69, 9.17) is 5.11 Å². The van der Waals surface area contributed by atoms with Gasteiger partial charge in [-0.1, -0.05) is 24.1 Å². The van der Waals surface area contributed by atoms with E-state index in [0.29, 0.717) is 17.4 Å². The van der Waals surface area contributed by atoms with Crippen LogP contribution in [0, 0.1) is 17.8 Å². The Bertz CT molecular complexity index is 390. The van der Waals surface area contributed by atoms with Crippen molar-refractivity contribution >= 4 is 5.97 Å². The summed E-state index contributed by atoms with van der Waals surface area (Å²) in [4.78, 5) is 10.9. The third kappa shape index (κ3) is 2.46. The van der Waals surface area contributed by atoms with Crippen LogP contribution in [-0.2, 0) is 4.79 Å². The van der Waals surface area contributed by atoms with Gasteiger partial charge in [-0.3, -0.25) is 0 Å². The molecular weight excluding hydrogens is 212 g/mol. The fourth-order valence-electron chi connectivity index (χ4n) is 3.54. The summed E-state index contributed by atoms with van der Waals surface area (Å²) in [5.74, 6) is 1.14. The lowest BCUT2D eigenvalue weighted by Gasteiger charge is -2.33. The van der Waals surface area contributed by atoms with E-state index in [1.165, 1.54) is 12.8 Å². The van der Waals surface area contributed by atoms with E-state index in [0.717, 1.165) is 18.8 Å². The van der Waals surface area contributed by atoms with E-state index >= 15 is 0 Å². The molecule has 0 heterocycles. The minimum absolute atomic E-state index is 0.431. The summed E-state index contributed by atoms with van der Waals surface area (Å²) in [6.45, 7) is 6.27. The van der Waals surface area contributed by atoms with E-state index < -0.39 is 5.97 Å². The Labute approximate surface area is 103 Å². The highest BCUT2D eigenvalue weighted by atomic mass is 16.4. The number of allylic oxidation sites excluding steroid dienone is 3. The lowest BCUT2D eigenvalue weighted by Crippen LogP contribution is -2.23. The number of aliphatic carboxylic acids is 1. The molecule has 2 heteroatoms. The third-order valence-corrected chi connectivity index (χ3v) is 4.49. The summed E-state index contributed by atoms with van der Waals surface area (Å²) >= 11 is 0. The first-order valence-corrected chi connectivity index (χ1v) is 6.59. The smallest absolute Gasteiger partial charge is 0.330 e. The van der Waals surface area contributed by atoms with E-state index in [2.05, 4.69) is 13.8 Å². The van der Waals surface area contributed by atoms with Crippen molar-refractivity contribution in [3.63, 3.8) is 0 Å². The van der Waals surface area contributed by atoms with Gasteiger partial charge in [0.2, 0.25) is 0 Å². The Hall–Kier alpha value is -1.05. The van der Waals surface area contributed by atoms with E-state index in [1.54, 1.807) is 18.1 Å². The zero-order chi connectivity index (χ0) is 12.6. The Kier molecular flexibility index (Phi) is 3.41. The number of hydrogen-bond acceptors (Lipinski definition) is 1. The molecule has 17 heavy (non-hydrogen) atoms. The molecular formula is C15H22O2. The van der Waals surface area contributed by atoms with Gasteiger partial charge in [0, 0.05) is 5.57 Å². The number of carbonyl (C=O) groups is 1. The molecule has 0 aromatic rings. The second kappa shape index (κ2) is 4.67. The summed E-state index contributed by atoms with van der Waals surface area (Å²) in [5.41, 5.74) is 3.69. The van der Waals surface area contributed by atoms with Crippen LogP contribution in [-0.4, -0.2) is 11.1 Å². The first-order chi connectivity index (χ1) is 7.99. The molecule has 2 aliphatic rings. The van der Waals surface area contributed by atoms with Gasteiger partial charge in [0.1, 0.15) is 0 Å². The van der Waals surface area contributed by atoms with Crippen LogP contribution in [0.1, 0.15) is 46.5 Å². The maximum absolute atomic E-state index is 10.9. The lowest BCUT2D eigenvalue weighted by atomic mass is 9.72. The highest BCUT2D eigenvalue weighted by molar-refractivity contribution is 5.85. The summed E-state index contributed by atoms with van der Waals surface area (Å²) in [6.07, 6.45) is 6.76. The molecule has 1 saturated carbocycles. The molecule has 2 aliphatic carbocycles. The topological polar surface area (TPSA) is 37.3 Å². The lowest BCUT2D eigenvalue weighted by molar-refractivity contribution is -0.132. The normalized spacial score (nSPS) is 33.8. The first kappa shape index (κ1) is 12.4. The minimum atomic E-state index is -0.781. The zero-order valence-electron chi connectivity index (χ0n) is 11.0. The average Bonchev–Trinajstić information content (AvgIpc) is 2.61. The van der Waals surface area contributed by atoms with Crippen LogP contribution in [0.4, 0.5) is 0 Å². The van der Waals surface area contributed by atoms with Crippen molar-refractivity contribution in [1.29, 1.82) is 0 Å². The fraction of sp³-hybridized carbons (Fsp3) is 0.667. The summed E-state index contributed by atoms with van der Waals surface area (Å²) in [5, 5.41) is 8.94. The second-order valence-electron chi connectivity index (χ2n) is 5.78. The molecule has 0 aromatic heterocycles. The van der Waals surface area contributed by atoms with Crippen molar-refractivity contribution < 1.29 is 9.90 Å². The van der Waals surface area contributed by atoms with Gasteiger partial charge >= 0.3 is 5.97 Å². The van der Waals surface area contributed by atoms with Crippen molar-refractivity contribution in [2.75, 3.05) is 0 Å². The number of rotatable bonds is 2. The number of carboxylic acid groups (broad SMARTS) is 1. The Balaban J connectivity index is 2.16. The molecule has 0 bridgehead atoms. The predicted molar refractivity (Wildman–Crippen MR) is 68.7 cm³/mol. The maximum atomic E-state index is 10.9. The molecule has 0 unspecified atom stereocenters. The largest absolute Gasteiger partial charge is 0.478 e. The highest BCUT2D eigenvalue weighted by Gasteiger charge is 2.34. The molecule has 1 N–H and O–H groups in total. The van der Waals surface area contributed by atoms with Crippen molar-refractivity contribution in [2.24, 2.45) is 17.8 Å². The molecule has 0 spiro atoms. The van der Waals surface area contributed by atoms with Crippen LogP contribution in [0.15, 0.2) is 22.8 Å². The molecule has 0 amide bonds. The van der Waals surface area contributed by atoms with Gasteiger partial charge in [-0.25, -0.2) is 4.79 Å². The van der Waals surface area contributed by atoms with Crippen molar-refractivity contribution in [1.82, 2.24) is 0 Å². The standard InChI is InChI=1S/C15H22O2/c1-9-4-5-13-10(2)6-12(8-14(9)13)7-11(3)15(16)17/h7,10,12-13H,4-6,8H2,1-3H3,(H,16,17)/b11-7+/t10-,12+,13-/m1/s1. The molecule has 1 fully saturated rings. The van der Waals surface area contributed by atoms with Gasteiger partial charge in [0.05, 0.1) is 0 Å². The molecule has 2 rings (SSSR count). The summed E-state index contributed by atoms with van der Waals surface area (Å²) in [7, 11) is 0. The molecule has 2 nitrogen and oxygen atoms in total. The predicted octanol–water partition coefficient (Wildman–Crippen LogP) is 3.79. The molecule has 94 valence electrons. The zero-order valence-corrected chi connectivity index (χ0v) is 11.0. The molecule has 0 aliphatic heterocycles. The van der Waals surface area contributed by atoms with Gasteiger partial charge in [-0.05, 0) is 57.3 Å². The monoisotopic (exact) mass is 234 g/mol. The van der Waals surface area contributed by atoms with Gasteiger partial charge < -0.3 is 5.11 Å². The molecule has 0 saturated heterocycles.